The van der Waals surface area contributed by atoms with Crippen molar-refractivity contribution in [2.75, 3.05) is 26.2 Å². The van der Waals surface area contributed by atoms with E-state index in [0.717, 1.165) is 16.0 Å². The van der Waals surface area contributed by atoms with Gasteiger partial charge in [-0.15, -0.1) is 0 Å². The highest BCUT2D eigenvalue weighted by Crippen LogP contribution is 2.48. The summed E-state index contributed by atoms with van der Waals surface area (Å²) < 4.78 is 16.5. The van der Waals surface area contributed by atoms with Crippen LogP contribution in [-0.4, -0.2) is 50.0 Å². The number of hydrogen-bond donors (Lipinski definition) is 0. The molecule has 2 heterocycles. The van der Waals surface area contributed by atoms with E-state index in [1.807, 2.05) is 32.0 Å². The van der Waals surface area contributed by atoms with Crippen molar-refractivity contribution < 1.29 is 28.6 Å². The van der Waals surface area contributed by atoms with Crippen molar-refractivity contribution in [3.05, 3.63) is 82.4 Å². The number of nitrogens with zero attached hydrogens (tertiary/aromatic N) is 2. The van der Waals surface area contributed by atoms with Crippen molar-refractivity contribution in [2.45, 2.75) is 25.9 Å². The van der Waals surface area contributed by atoms with E-state index in [2.05, 4.69) is 0 Å². The molecule has 0 aromatic heterocycles. The summed E-state index contributed by atoms with van der Waals surface area (Å²) in [6.07, 6.45) is 0. The first-order valence-electron chi connectivity index (χ1n) is 11.5. The first kappa shape index (κ1) is 23.4. The quantitative estimate of drug-likeness (QED) is 0.386. The first-order valence-corrected chi connectivity index (χ1v) is 11.5. The molecule has 2 aliphatic heterocycles. The third-order valence-electron chi connectivity index (χ3n) is 6.81. The summed E-state index contributed by atoms with van der Waals surface area (Å²) in [5.74, 6) is -0.0703. The minimum absolute atomic E-state index is 0.295. The molecule has 3 aromatic carbocycles. The number of hydrogen-bond acceptors (Lipinski definition) is 6. The van der Waals surface area contributed by atoms with Gasteiger partial charge >= 0.3 is 0 Å². The number of ether oxygens (including phenoxy) is 3. The minimum Gasteiger partial charge on any atom is -0.493 e. The van der Waals surface area contributed by atoms with Gasteiger partial charge in [-0.2, -0.15) is 0 Å². The number of amides is 3. The van der Waals surface area contributed by atoms with Gasteiger partial charge in [0.2, 0.25) is 5.75 Å². The number of benzene rings is 3. The number of aryl methyl sites for hydroxylation is 2. The molecular weight excluding hydrogens is 460 g/mol. The molecule has 184 valence electrons. The molecule has 0 aliphatic carbocycles. The number of β-lactam (4-membered cyclic amide) rings is 1. The number of methoxy groups -OCH3 is 3. The van der Waals surface area contributed by atoms with Crippen LogP contribution >= 0.6 is 0 Å². The molecule has 8 heteroatoms. The van der Waals surface area contributed by atoms with Gasteiger partial charge in [0.15, 0.2) is 11.5 Å². The van der Waals surface area contributed by atoms with Gasteiger partial charge in [0.05, 0.1) is 38.5 Å². The molecule has 1 fully saturated rings. The smallest absolute Gasteiger partial charge is 0.262 e. The lowest BCUT2D eigenvalue weighted by molar-refractivity contribution is -0.130. The first-order chi connectivity index (χ1) is 17.3. The summed E-state index contributed by atoms with van der Waals surface area (Å²) in [6, 6.07) is 14.2. The normalized spacial score (nSPS) is 18.8. The predicted molar refractivity (Wildman–Crippen MR) is 133 cm³/mol. The van der Waals surface area contributed by atoms with Crippen molar-refractivity contribution in [3.63, 3.8) is 0 Å². The fraction of sp³-hybridized carbons (Fsp3) is 0.250. The average Bonchev–Trinajstić information content (AvgIpc) is 3.12. The molecule has 8 nitrogen and oxygen atoms in total. The Labute approximate surface area is 209 Å². The highest BCUT2D eigenvalue weighted by atomic mass is 16.5. The molecule has 5 rings (SSSR count). The van der Waals surface area contributed by atoms with Gasteiger partial charge in [-0.05, 0) is 55.3 Å². The zero-order valence-electron chi connectivity index (χ0n) is 20.7. The van der Waals surface area contributed by atoms with Gasteiger partial charge in [-0.3, -0.25) is 19.3 Å². The van der Waals surface area contributed by atoms with Crippen LogP contribution in [0.4, 0.5) is 5.69 Å². The van der Waals surface area contributed by atoms with Crippen molar-refractivity contribution >= 4 is 23.4 Å². The molecule has 0 radical (unpaired) electrons. The molecule has 0 N–H and O–H groups in total. The Morgan fingerprint density at radius 3 is 1.78 bits per heavy atom. The number of carbonyl (C=O) groups is 3. The molecule has 3 amide bonds. The van der Waals surface area contributed by atoms with Gasteiger partial charge in [0, 0.05) is 5.69 Å². The van der Waals surface area contributed by atoms with Crippen LogP contribution in [0, 0.1) is 13.8 Å². The van der Waals surface area contributed by atoms with Crippen molar-refractivity contribution in [1.82, 2.24) is 4.90 Å². The number of anilines is 1. The predicted octanol–water partition coefficient (Wildman–Crippen LogP) is 4.08. The maximum Gasteiger partial charge on any atom is 0.262 e. The van der Waals surface area contributed by atoms with Crippen LogP contribution < -0.4 is 19.1 Å². The second kappa shape index (κ2) is 8.71. The summed E-state index contributed by atoms with van der Waals surface area (Å²) in [4.78, 5) is 43.1. The zero-order chi connectivity index (χ0) is 25.7. The molecule has 0 spiro atoms. The molecule has 0 saturated carbocycles. The number of fused-ring (bicyclic) bond motifs is 1. The lowest BCUT2D eigenvalue weighted by atomic mass is 9.85. The largest absolute Gasteiger partial charge is 0.493 e. The highest BCUT2D eigenvalue weighted by molar-refractivity contribution is 6.24. The molecular formula is C28H26N2O6. The van der Waals surface area contributed by atoms with Gasteiger partial charge in [-0.1, -0.05) is 29.8 Å². The average molecular weight is 487 g/mol. The van der Waals surface area contributed by atoms with Gasteiger partial charge in [0.25, 0.3) is 17.7 Å². The van der Waals surface area contributed by atoms with Gasteiger partial charge < -0.3 is 19.1 Å². The van der Waals surface area contributed by atoms with Crippen LogP contribution in [0.3, 0.4) is 0 Å². The van der Waals surface area contributed by atoms with Crippen LogP contribution in [-0.2, 0) is 4.79 Å². The van der Waals surface area contributed by atoms with Crippen LogP contribution in [0.2, 0.25) is 0 Å². The molecule has 0 bridgehead atoms. The maximum atomic E-state index is 13.7. The van der Waals surface area contributed by atoms with E-state index >= 15 is 0 Å². The molecule has 1 saturated heterocycles. The SMILES string of the molecule is COc1cc([C@@H]2[C@@H](N3C(=O)c4ccccc4C3=O)C(=O)N2c2ccc(C)cc2C)cc(OC)c1OC. The Hall–Kier alpha value is -4.33. The van der Waals surface area contributed by atoms with Crippen LogP contribution in [0.25, 0.3) is 0 Å². The van der Waals surface area contributed by atoms with Gasteiger partial charge in [-0.25, -0.2) is 0 Å². The lowest BCUT2D eigenvalue weighted by Gasteiger charge is -2.50. The maximum absolute atomic E-state index is 13.7. The third kappa shape index (κ3) is 3.32. The Morgan fingerprint density at radius 2 is 1.28 bits per heavy atom. The summed E-state index contributed by atoms with van der Waals surface area (Å²) >= 11 is 0. The zero-order valence-corrected chi connectivity index (χ0v) is 20.7. The monoisotopic (exact) mass is 486 g/mol. The molecule has 2 atom stereocenters. The number of imide groups is 1. The van der Waals surface area contributed by atoms with E-state index in [9.17, 15) is 14.4 Å². The fourth-order valence-corrected chi connectivity index (χ4v) is 5.13. The van der Waals surface area contributed by atoms with Gasteiger partial charge in [0.1, 0.15) is 6.04 Å². The topological polar surface area (TPSA) is 85.4 Å². The Kier molecular flexibility index (Phi) is 5.67. The Bertz CT molecular complexity index is 1350. The van der Waals surface area contributed by atoms with Crippen LogP contribution in [0.5, 0.6) is 17.2 Å². The van der Waals surface area contributed by atoms with Crippen molar-refractivity contribution in [2.24, 2.45) is 0 Å². The highest BCUT2D eigenvalue weighted by Gasteiger charge is 2.57. The summed E-state index contributed by atoms with van der Waals surface area (Å²) in [6.45, 7) is 3.91. The van der Waals surface area contributed by atoms with E-state index in [1.54, 1.807) is 41.3 Å². The van der Waals surface area contributed by atoms with Crippen molar-refractivity contribution in [3.8, 4) is 17.2 Å². The Morgan fingerprint density at radius 1 is 0.694 bits per heavy atom. The number of rotatable bonds is 6. The number of carbonyl (C=O) groups excluding carboxylic acids is 3. The summed E-state index contributed by atoms with van der Waals surface area (Å²) in [7, 11) is 4.53. The van der Waals surface area contributed by atoms with E-state index in [1.165, 1.54) is 21.3 Å². The van der Waals surface area contributed by atoms with Crippen LogP contribution in [0.15, 0.2) is 54.6 Å². The lowest BCUT2D eigenvalue weighted by Crippen LogP contribution is -2.67. The van der Waals surface area contributed by atoms with E-state index < -0.39 is 23.9 Å². The van der Waals surface area contributed by atoms with Crippen LogP contribution in [0.1, 0.15) is 43.4 Å². The second-order valence-corrected chi connectivity index (χ2v) is 8.87. The molecule has 3 aromatic rings. The second-order valence-electron chi connectivity index (χ2n) is 8.87. The Balaban J connectivity index is 1.67. The van der Waals surface area contributed by atoms with E-state index in [0.29, 0.717) is 39.6 Å². The summed E-state index contributed by atoms with van der Waals surface area (Å²) in [5.41, 5.74) is 3.91. The van der Waals surface area contributed by atoms with E-state index in [4.69, 9.17) is 14.2 Å². The molecule has 36 heavy (non-hydrogen) atoms. The summed E-state index contributed by atoms with van der Waals surface area (Å²) in [5, 5.41) is 0. The standard InChI is InChI=1S/C28H26N2O6/c1-15-10-11-20(16(2)12-15)29-23(17-13-21(34-3)25(36-5)22(14-17)35-4)24(28(29)33)30-26(31)18-8-6-7-9-19(18)27(30)32/h6-14,23-24H,1-5H3/t23-,24-/m1/s1. The minimum atomic E-state index is -1.03. The molecule has 2 aliphatic rings. The fourth-order valence-electron chi connectivity index (χ4n) is 5.13. The van der Waals surface area contributed by atoms with Crippen molar-refractivity contribution in [1.29, 1.82) is 0 Å². The molecule has 0 unspecified atom stereocenters. The van der Waals surface area contributed by atoms with E-state index in [-0.39, 0.29) is 5.91 Å². The third-order valence-corrected chi connectivity index (χ3v) is 6.81.